The van der Waals surface area contributed by atoms with Gasteiger partial charge in [0.25, 0.3) is 0 Å². The van der Waals surface area contributed by atoms with E-state index in [1.807, 2.05) is 54.1 Å². The Morgan fingerprint density at radius 2 is 2.16 bits per heavy atom. The molecule has 168 valence electrons. The zero-order chi connectivity index (χ0) is 22.8. The van der Waals surface area contributed by atoms with Gasteiger partial charge in [0.15, 0.2) is 0 Å². The molecule has 1 atom stereocenters. The highest BCUT2D eigenvalue weighted by Gasteiger charge is 2.34. The number of rotatable bonds is 7. The Labute approximate surface area is 187 Å². The largest absolute Gasteiger partial charge is 0.481 e. The molecule has 3 aromatic heterocycles. The first-order valence-corrected chi connectivity index (χ1v) is 10.7. The van der Waals surface area contributed by atoms with Gasteiger partial charge in [-0.05, 0) is 18.9 Å². The van der Waals surface area contributed by atoms with E-state index in [2.05, 4.69) is 39.5 Å². The van der Waals surface area contributed by atoms with Crippen LogP contribution in [0.2, 0.25) is 0 Å². The molecule has 0 bridgehead atoms. The maximum absolute atomic E-state index is 12.5. The third kappa shape index (κ3) is 4.23. The molecule has 0 saturated heterocycles. The fraction of sp³-hybridized carbons (Fsp3) is 0.391. The monoisotopic (exact) mass is 435 g/mol. The number of aryl methyl sites for hydroxylation is 1. The number of aromatic nitrogens is 4. The summed E-state index contributed by atoms with van der Waals surface area (Å²) in [4.78, 5) is 23.4. The third-order valence-electron chi connectivity index (χ3n) is 5.66. The Balaban J connectivity index is 1.47. The molecule has 1 aliphatic rings. The number of methoxy groups -OCH3 is 1. The predicted octanol–water partition coefficient (Wildman–Crippen LogP) is 3.06. The van der Waals surface area contributed by atoms with Gasteiger partial charge in [-0.15, -0.1) is 0 Å². The van der Waals surface area contributed by atoms with Crippen molar-refractivity contribution in [2.75, 3.05) is 29.7 Å². The van der Waals surface area contributed by atoms with Crippen LogP contribution in [0.4, 0.5) is 17.2 Å². The van der Waals surface area contributed by atoms with Gasteiger partial charge in [0.05, 0.1) is 36.9 Å². The van der Waals surface area contributed by atoms with Crippen LogP contribution in [0.15, 0.2) is 36.8 Å². The first-order valence-electron chi connectivity index (χ1n) is 10.7. The van der Waals surface area contributed by atoms with Crippen LogP contribution in [0.1, 0.15) is 30.7 Å². The highest BCUT2D eigenvalue weighted by atomic mass is 16.5. The van der Waals surface area contributed by atoms with Crippen LogP contribution in [0.5, 0.6) is 5.88 Å². The van der Waals surface area contributed by atoms with Gasteiger partial charge in [0.1, 0.15) is 11.9 Å². The zero-order valence-corrected chi connectivity index (χ0v) is 19.1. The van der Waals surface area contributed by atoms with E-state index >= 15 is 0 Å². The number of hydrogen-bond acceptors (Lipinski definition) is 7. The molecule has 2 N–H and O–H groups in total. The van der Waals surface area contributed by atoms with Crippen LogP contribution >= 0.6 is 0 Å². The van der Waals surface area contributed by atoms with E-state index in [9.17, 15) is 4.79 Å². The van der Waals surface area contributed by atoms with Crippen LogP contribution in [0.3, 0.4) is 0 Å². The van der Waals surface area contributed by atoms with E-state index in [4.69, 9.17) is 4.74 Å². The number of pyridine rings is 2. The van der Waals surface area contributed by atoms with Gasteiger partial charge in [0, 0.05) is 43.2 Å². The average Bonchev–Trinajstić information content (AvgIpc) is 3.20. The molecule has 0 aromatic carbocycles. The molecule has 0 unspecified atom stereocenters. The Hall–Kier alpha value is -3.62. The molecule has 1 aliphatic heterocycles. The summed E-state index contributed by atoms with van der Waals surface area (Å²) < 4.78 is 7.18. The molecule has 0 radical (unpaired) electrons. The molecular weight excluding hydrogens is 406 g/mol. The highest BCUT2D eigenvalue weighted by Crippen LogP contribution is 2.36. The minimum Gasteiger partial charge on any atom is -0.481 e. The summed E-state index contributed by atoms with van der Waals surface area (Å²) in [7, 11) is 3.58. The Bertz CT molecular complexity index is 1130. The number of carbonyl (C=O) groups excluding carboxylic acids is 1. The number of amides is 1. The second-order valence-electron chi connectivity index (χ2n) is 8.35. The summed E-state index contributed by atoms with van der Waals surface area (Å²) in [5.74, 6) is 1.57. The van der Waals surface area contributed by atoms with Crippen LogP contribution in [-0.2, 0) is 17.9 Å². The molecular formula is C23H29N7O2. The molecule has 4 heterocycles. The SMILES string of the molecule is COc1ncccc1Cn1cc(CNc2cc3c(c(C)n2)NC(=O)[C@H](C(C)C)N3C)cn1. The molecule has 9 nitrogen and oxygen atoms in total. The number of hydrogen-bond donors (Lipinski definition) is 2. The van der Waals surface area contributed by atoms with Crippen molar-refractivity contribution >= 4 is 23.1 Å². The Morgan fingerprint density at radius 3 is 2.91 bits per heavy atom. The van der Waals surface area contributed by atoms with Gasteiger partial charge in [-0.25, -0.2) is 9.97 Å². The van der Waals surface area contributed by atoms with E-state index < -0.39 is 0 Å². The second-order valence-corrected chi connectivity index (χ2v) is 8.35. The lowest BCUT2D eigenvalue weighted by Gasteiger charge is -2.38. The van der Waals surface area contributed by atoms with Crippen molar-refractivity contribution in [1.82, 2.24) is 19.7 Å². The van der Waals surface area contributed by atoms with Gasteiger partial charge in [-0.3, -0.25) is 9.48 Å². The average molecular weight is 436 g/mol. The standard InChI is InChI=1S/C23H29N7O2/c1-14(2)21-22(31)28-20-15(3)27-19(9-18(20)29(21)4)25-10-16-11-26-30(12-16)13-17-7-6-8-24-23(17)32-5/h6-9,11-12,14,21H,10,13H2,1-5H3,(H,25,27)(H,28,31)/t21-/m0/s1. The summed E-state index contributed by atoms with van der Waals surface area (Å²) >= 11 is 0. The Kier molecular flexibility index (Phi) is 5.98. The normalized spacial score (nSPS) is 15.5. The zero-order valence-electron chi connectivity index (χ0n) is 19.1. The number of likely N-dealkylation sites (N-methyl/N-ethyl adjacent to an activating group) is 1. The van der Waals surface area contributed by atoms with E-state index in [1.54, 1.807) is 13.3 Å². The number of carbonyl (C=O) groups is 1. The van der Waals surface area contributed by atoms with Crippen molar-refractivity contribution in [1.29, 1.82) is 0 Å². The van der Waals surface area contributed by atoms with Gasteiger partial charge < -0.3 is 20.3 Å². The fourth-order valence-electron chi connectivity index (χ4n) is 4.13. The van der Waals surface area contributed by atoms with Gasteiger partial charge >= 0.3 is 0 Å². The van der Waals surface area contributed by atoms with Crippen molar-refractivity contribution in [3.63, 3.8) is 0 Å². The first kappa shape index (κ1) is 21.6. The smallest absolute Gasteiger partial charge is 0.247 e. The summed E-state index contributed by atoms with van der Waals surface area (Å²) in [6.45, 7) is 7.18. The number of nitrogens with one attached hydrogen (secondary N) is 2. The molecule has 0 aliphatic carbocycles. The molecule has 1 amide bonds. The number of ether oxygens (including phenoxy) is 1. The van der Waals surface area contributed by atoms with Gasteiger partial charge in [-0.2, -0.15) is 5.10 Å². The molecule has 3 aromatic rings. The van der Waals surface area contributed by atoms with Crippen molar-refractivity contribution in [3.8, 4) is 5.88 Å². The summed E-state index contributed by atoms with van der Waals surface area (Å²) in [5, 5.41) is 10.9. The van der Waals surface area contributed by atoms with E-state index in [0.29, 0.717) is 19.0 Å². The van der Waals surface area contributed by atoms with Crippen LogP contribution in [-0.4, -0.2) is 45.9 Å². The molecule has 0 saturated carbocycles. The lowest BCUT2D eigenvalue weighted by Crippen LogP contribution is -2.49. The minimum atomic E-state index is -0.208. The first-order chi connectivity index (χ1) is 15.4. The van der Waals surface area contributed by atoms with Crippen molar-refractivity contribution < 1.29 is 9.53 Å². The quantitative estimate of drug-likeness (QED) is 0.589. The summed E-state index contributed by atoms with van der Waals surface area (Å²) in [6.07, 6.45) is 5.54. The van der Waals surface area contributed by atoms with Crippen molar-refractivity contribution in [2.45, 2.75) is 39.9 Å². The fourth-order valence-corrected chi connectivity index (χ4v) is 4.13. The Morgan fingerprint density at radius 1 is 1.34 bits per heavy atom. The lowest BCUT2D eigenvalue weighted by atomic mass is 9.98. The highest BCUT2D eigenvalue weighted by molar-refractivity contribution is 6.04. The number of anilines is 3. The molecule has 9 heteroatoms. The maximum Gasteiger partial charge on any atom is 0.247 e. The molecule has 0 fully saturated rings. The second kappa shape index (κ2) is 8.86. The van der Waals surface area contributed by atoms with Crippen LogP contribution < -0.4 is 20.3 Å². The number of nitrogens with zero attached hydrogens (tertiary/aromatic N) is 5. The van der Waals surface area contributed by atoms with E-state index in [1.165, 1.54) is 0 Å². The van der Waals surface area contributed by atoms with Crippen molar-refractivity contribution in [2.24, 2.45) is 5.92 Å². The van der Waals surface area contributed by atoms with Crippen LogP contribution in [0, 0.1) is 12.8 Å². The van der Waals surface area contributed by atoms with E-state index in [0.717, 1.165) is 34.0 Å². The number of fused-ring (bicyclic) bond motifs is 1. The van der Waals surface area contributed by atoms with Crippen LogP contribution in [0.25, 0.3) is 0 Å². The topological polar surface area (TPSA) is 97.2 Å². The minimum absolute atomic E-state index is 0.0123. The summed E-state index contributed by atoms with van der Waals surface area (Å²) in [5.41, 5.74) is 4.53. The molecule has 0 spiro atoms. The van der Waals surface area contributed by atoms with Gasteiger partial charge in [0.2, 0.25) is 11.8 Å². The van der Waals surface area contributed by atoms with E-state index in [-0.39, 0.29) is 17.9 Å². The molecule has 4 rings (SSSR count). The lowest BCUT2D eigenvalue weighted by molar-refractivity contribution is -0.118. The third-order valence-corrected chi connectivity index (χ3v) is 5.66. The van der Waals surface area contributed by atoms with Gasteiger partial charge in [-0.1, -0.05) is 19.9 Å². The summed E-state index contributed by atoms with van der Waals surface area (Å²) in [6, 6.07) is 5.64. The van der Waals surface area contributed by atoms with Crippen molar-refractivity contribution in [3.05, 3.63) is 53.6 Å². The molecule has 32 heavy (non-hydrogen) atoms. The maximum atomic E-state index is 12.5. The predicted molar refractivity (Wildman–Crippen MR) is 124 cm³/mol.